The van der Waals surface area contributed by atoms with Crippen LogP contribution in [0.15, 0.2) is 11.4 Å². The minimum absolute atomic E-state index is 0. The molecular formula is C7H16N2S. The molecule has 1 heterocycles. The van der Waals surface area contributed by atoms with Crippen LogP contribution in [0.5, 0.6) is 0 Å². The largest absolute Gasteiger partial charge is 0.337 e. The molecule has 0 amide bonds. The molecule has 0 radical (unpaired) electrons. The third kappa shape index (κ3) is 2.92. The normalized spacial score (nSPS) is 8.40. The molecule has 0 unspecified atom stereocenters. The van der Waals surface area contributed by atoms with Crippen molar-refractivity contribution < 1.29 is 1.43 Å². The minimum atomic E-state index is 0. The van der Waals surface area contributed by atoms with Gasteiger partial charge in [-0.2, -0.15) is 0 Å². The van der Waals surface area contributed by atoms with Gasteiger partial charge in [0.1, 0.15) is 0 Å². The molecule has 0 saturated heterocycles. The van der Waals surface area contributed by atoms with Crippen molar-refractivity contribution in [1.82, 2.24) is 9.97 Å². The van der Waals surface area contributed by atoms with E-state index in [2.05, 4.69) is 9.97 Å². The predicted molar refractivity (Wildman–Crippen MR) is 48.6 cm³/mol. The summed E-state index contributed by atoms with van der Waals surface area (Å²) < 4.78 is 0. The van der Waals surface area contributed by atoms with Gasteiger partial charge in [-0.25, -0.2) is 4.98 Å². The molecule has 0 atom stereocenters. The highest BCUT2D eigenvalue weighted by atomic mass is 32.2. The topological polar surface area (TPSA) is 28.7 Å². The van der Waals surface area contributed by atoms with E-state index in [4.69, 9.17) is 0 Å². The summed E-state index contributed by atoms with van der Waals surface area (Å²) in [5, 5.41) is 0.988. The van der Waals surface area contributed by atoms with Crippen molar-refractivity contribution in [2.75, 3.05) is 6.26 Å². The molecule has 0 aliphatic carbocycles. The summed E-state index contributed by atoms with van der Waals surface area (Å²) >= 11 is 1.62. The second-order valence-electron chi connectivity index (χ2n) is 1.58. The quantitative estimate of drug-likeness (QED) is 0.640. The van der Waals surface area contributed by atoms with Crippen LogP contribution in [-0.4, -0.2) is 16.2 Å². The summed E-state index contributed by atoms with van der Waals surface area (Å²) in [6, 6.07) is 0. The number of rotatable bonds is 1. The number of imidazole rings is 1. The second-order valence-corrected chi connectivity index (χ2v) is 2.37. The lowest BCUT2D eigenvalue weighted by Gasteiger charge is -1.81. The number of hydrogen-bond acceptors (Lipinski definition) is 2. The molecule has 60 valence electrons. The average Bonchev–Trinajstić information content (AvgIpc) is 2.40. The standard InChI is InChI=1S/C5H8N2S.C2H6.H2/c1-4-3-6-5(7-4)8-2;1-2;/h3H,1-2H3,(H,6,7);1-2H3;1H. The van der Waals surface area contributed by atoms with Crippen LogP contribution in [0.3, 0.4) is 0 Å². The van der Waals surface area contributed by atoms with Gasteiger partial charge in [0, 0.05) is 13.3 Å². The van der Waals surface area contributed by atoms with Gasteiger partial charge in [-0.1, -0.05) is 25.6 Å². The zero-order valence-corrected chi connectivity index (χ0v) is 7.75. The second kappa shape index (κ2) is 5.35. The molecule has 1 aromatic rings. The molecule has 0 aliphatic rings. The fourth-order valence-corrected chi connectivity index (χ4v) is 0.914. The van der Waals surface area contributed by atoms with Crippen molar-refractivity contribution >= 4 is 11.8 Å². The Morgan fingerprint density at radius 3 is 2.40 bits per heavy atom. The first kappa shape index (κ1) is 9.56. The maximum atomic E-state index is 4.04. The lowest BCUT2D eigenvalue weighted by molar-refractivity contribution is 1.05. The highest BCUT2D eigenvalue weighted by Crippen LogP contribution is 2.07. The lowest BCUT2D eigenvalue weighted by Crippen LogP contribution is -1.69. The number of thioether (sulfide) groups is 1. The Balaban J connectivity index is 0. The zero-order chi connectivity index (χ0) is 7.98. The number of aromatic nitrogens is 2. The summed E-state index contributed by atoms with van der Waals surface area (Å²) in [7, 11) is 0. The van der Waals surface area contributed by atoms with Gasteiger partial charge in [-0.05, 0) is 13.2 Å². The molecule has 0 bridgehead atoms. The van der Waals surface area contributed by atoms with E-state index >= 15 is 0 Å². The van der Waals surface area contributed by atoms with E-state index in [9.17, 15) is 0 Å². The summed E-state index contributed by atoms with van der Waals surface area (Å²) in [4.78, 5) is 7.12. The molecule has 0 aromatic carbocycles. The van der Waals surface area contributed by atoms with Crippen LogP contribution in [0.4, 0.5) is 0 Å². The highest BCUT2D eigenvalue weighted by molar-refractivity contribution is 7.98. The van der Waals surface area contributed by atoms with E-state index in [0.29, 0.717) is 0 Å². The fourth-order valence-electron chi connectivity index (χ4n) is 0.492. The Kier molecular flexibility index (Phi) is 5.12. The molecule has 0 saturated carbocycles. The first-order valence-corrected chi connectivity index (χ1v) is 4.61. The van der Waals surface area contributed by atoms with Gasteiger partial charge in [-0.15, -0.1) is 0 Å². The number of nitrogens with one attached hydrogen (secondary N) is 1. The highest BCUT2D eigenvalue weighted by Gasteiger charge is 1.90. The Morgan fingerprint density at radius 2 is 2.20 bits per heavy atom. The molecule has 3 heteroatoms. The van der Waals surface area contributed by atoms with Gasteiger partial charge in [0.2, 0.25) is 0 Å². The van der Waals surface area contributed by atoms with Crippen molar-refractivity contribution in [3.8, 4) is 0 Å². The number of H-pyrrole nitrogens is 1. The van der Waals surface area contributed by atoms with Gasteiger partial charge >= 0.3 is 0 Å². The molecule has 2 nitrogen and oxygen atoms in total. The molecular weight excluding hydrogens is 144 g/mol. The number of aryl methyl sites for hydroxylation is 1. The van der Waals surface area contributed by atoms with E-state index in [0.717, 1.165) is 10.9 Å². The fraction of sp³-hybridized carbons (Fsp3) is 0.571. The van der Waals surface area contributed by atoms with Gasteiger partial charge in [-0.3, -0.25) is 0 Å². The Labute approximate surface area is 67.9 Å². The van der Waals surface area contributed by atoms with Crippen molar-refractivity contribution in [3.63, 3.8) is 0 Å². The first-order valence-electron chi connectivity index (χ1n) is 3.38. The summed E-state index contributed by atoms with van der Waals surface area (Å²) in [5.74, 6) is 0. The number of hydrogen-bond donors (Lipinski definition) is 1. The molecule has 1 aromatic heterocycles. The van der Waals surface area contributed by atoms with Crippen molar-refractivity contribution in [1.29, 1.82) is 0 Å². The maximum Gasteiger partial charge on any atom is 0.165 e. The van der Waals surface area contributed by atoms with Crippen LogP contribution >= 0.6 is 11.8 Å². The molecule has 1 rings (SSSR count). The van der Waals surface area contributed by atoms with Gasteiger partial charge in [0.15, 0.2) is 5.16 Å². The van der Waals surface area contributed by atoms with Crippen molar-refractivity contribution in [3.05, 3.63) is 11.9 Å². The van der Waals surface area contributed by atoms with Gasteiger partial charge in [0.05, 0.1) is 0 Å². The smallest absolute Gasteiger partial charge is 0.165 e. The monoisotopic (exact) mass is 160 g/mol. The lowest BCUT2D eigenvalue weighted by atomic mass is 10.6. The van der Waals surface area contributed by atoms with E-state index in [-0.39, 0.29) is 1.43 Å². The van der Waals surface area contributed by atoms with Crippen LogP contribution in [-0.2, 0) is 0 Å². The van der Waals surface area contributed by atoms with Crippen LogP contribution in [0, 0.1) is 6.92 Å². The number of nitrogens with zero attached hydrogens (tertiary/aromatic N) is 1. The van der Waals surface area contributed by atoms with E-state index in [1.165, 1.54) is 0 Å². The van der Waals surface area contributed by atoms with Crippen LogP contribution in [0.2, 0.25) is 0 Å². The third-order valence-electron chi connectivity index (χ3n) is 0.873. The molecule has 1 N–H and O–H groups in total. The van der Waals surface area contributed by atoms with Crippen molar-refractivity contribution in [2.45, 2.75) is 25.9 Å². The van der Waals surface area contributed by atoms with Gasteiger partial charge < -0.3 is 4.98 Å². The summed E-state index contributed by atoms with van der Waals surface area (Å²) in [6.07, 6.45) is 3.82. The zero-order valence-electron chi connectivity index (χ0n) is 6.93. The first-order chi connectivity index (χ1) is 4.83. The number of aromatic amines is 1. The van der Waals surface area contributed by atoms with E-state index in [1.807, 2.05) is 33.2 Å². The Bertz CT molecular complexity index is 177. The molecule has 0 spiro atoms. The Morgan fingerprint density at radius 1 is 1.60 bits per heavy atom. The Hall–Kier alpha value is -0.440. The maximum absolute atomic E-state index is 4.04. The average molecular weight is 160 g/mol. The predicted octanol–water partition coefficient (Wildman–Crippen LogP) is 2.71. The summed E-state index contributed by atoms with van der Waals surface area (Å²) in [6.45, 7) is 5.99. The van der Waals surface area contributed by atoms with E-state index in [1.54, 1.807) is 11.8 Å². The third-order valence-corrected chi connectivity index (χ3v) is 1.47. The van der Waals surface area contributed by atoms with Gasteiger partial charge in [0.25, 0.3) is 0 Å². The SMILES string of the molecule is CC.CSc1ncc(C)[nH]1.[HH]. The van der Waals surface area contributed by atoms with E-state index < -0.39 is 0 Å². The van der Waals surface area contributed by atoms with Crippen LogP contribution in [0.1, 0.15) is 21.0 Å². The minimum Gasteiger partial charge on any atom is -0.337 e. The molecule has 0 fully saturated rings. The molecule has 0 aliphatic heterocycles. The van der Waals surface area contributed by atoms with Crippen LogP contribution < -0.4 is 0 Å². The molecule has 10 heavy (non-hydrogen) atoms. The van der Waals surface area contributed by atoms with Crippen molar-refractivity contribution in [2.24, 2.45) is 0 Å². The summed E-state index contributed by atoms with van der Waals surface area (Å²) in [5.41, 5.74) is 1.12. The van der Waals surface area contributed by atoms with Crippen LogP contribution in [0.25, 0.3) is 0 Å².